The molecular weight excluding hydrogens is 393 g/mol. The number of amides is 1. The second-order valence-electron chi connectivity index (χ2n) is 5.61. The number of ether oxygens (including phenoxy) is 3. The van der Waals surface area contributed by atoms with Crippen molar-refractivity contribution in [2.45, 2.75) is 13.0 Å². The molecule has 1 N–H and O–H groups in total. The van der Waals surface area contributed by atoms with Gasteiger partial charge in [0.2, 0.25) is 0 Å². The lowest BCUT2D eigenvalue weighted by Crippen LogP contribution is -2.31. The van der Waals surface area contributed by atoms with Crippen molar-refractivity contribution < 1.29 is 23.8 Å². The average molecular weight is 412 g/mol. The van der Waals surface area contributed by atoms with Crippen molar-refractivity contribution in [2.75, 3.05) is 20.8 Å². The van der Waals surface area contributed by atoms with Gasteiger partial charge in [-0.3, -0.25) is 4.79 Å². The van der Waals surface area contributed by atoms with Gasteiger partial charge in [0, 0.05) is 0 Å². The Labute approximate surface area is 167 Å². The van der Waals surface area contributed by atoms with E-state index in [0.29, 0.717) is 21.5 Å². The molecule has 0 aromatic heterocycles. The van der Waals surface area contributed by atoms with Crippen LogP contribution in [0.25, 0.3) is 0 Å². The van der Waals surface area contributed by atoms with Gasteiger partial charge in [-0.05, 0) is 42.8 Å². The van der Waals surface area contributed by atoms with E-state index in [0.717, 1.165) is 5.56 Å². The first-order chi connectivity index (χ1) is 12.8. The highest BCUT2D eigenvalue weighted by Crippen LogP contribution is 2.26. The maximum Gasteiger partial charge on any atom is 0.342 e. The van der Waals surface area contributed by atoms with Crippen molar-refractivity contribution in [1.82, 2.24) is 5.32 Å². The molecule has 1 atom stereocenters. The Balaban J connectivity index is 1.96. The van der Waals surface area contributed by atoms with Crippen LogP contribution in [-0.2, 0) is 9.53 Å². The monoisotopic (exact) mass is 411 g/mol. The van der Waals surface area contributed by atoms with Crippen molar-refractivity contribution >= 4 is 35.1 Å². The third-order valence-electron chi connectivity index (χ3n) is 3.78. The minimum Gasteiger partial charge on any atom is -0.497 e. The summed E-state index contributed by atoms with van der Waals surface area (Å²) in [5, 5.41) is 3.55. The molecule has 144 valence electrons. The van der Waals surface area contributed by atoms with Gasteiger partial charge in [0.05, 0.1) is 30.3 Å². The van der Waals surface area contributed by atoms with E-state index >= 15 is 0 Å². The Bertz CT molecular complexity index is 841. The molecule has 0 saturated heterocycles. The normalized spacial score (nSPS) is 11.4. The van der Waals surface area contributed by atoms with Crippen LogP contribution in [-0.4, -0.2) is 32.7 Å². The van der Waals surface area contributed by atoms with Crippen molar-refractivity contribution in [1.29, 1.82) is 0 Å². The summed E-state index contributed by atoms with van der Waals surface area (Å²) in [5.74, 6) is -0.349. The van der Waals surface area contributed by atoms with E-state index in [1.807, 2.05) is 0 Å². The largest absolute Gasteiger partial charge is 0.497 e. The van der Waals surface area contributed by atoms with E-state index in [1.54, 1.807) is 37.3 Å². The number of esters is 1. The maximum absolute atomic E-state index is 12.3. The van der Waals surface area contributed by atoms with E-state index in [-0.39, 0.29) is 11.6 Å². The highest BCUT2D eigenvalue weighted by atomic mass is 35.5. The zero-order chi connectivity index (χ0) is 20.0. The van der Waals surface area contributed by atoms with Crippen LogP contribution in [0.1, 0.15) is 28.9 Å². The van der Waals surface area contributed by atoms with Crippen LogP contribution in [0, 0.1) is 0 Å². The van der Waals surface area contributed by atoms with E-state index in [1.165, 1.54) is 20.3 Å². The molecule has 0 aliphatic rings. The van der Waals surface area contributed by atoms with Crippen LogP contribution >= 0.6 is 23.2 Å². The topological polar surface area (TPSA) is 73.9 Å². The van der Waals surface area contributed by atoms with Gasteiger partial charge in [-0.15, -0.1) is 0 Å². The predicted molar refractivity (Wildman–Crippen MR) is 103 cm³/mol. The number of benzene rings is 2. The lowest BCUT2D eigenvalue weighted by Gasteiger charge is -2.15. The standard InChI is InChI=1S/C19H19Cl2NO5/c1-11(12-4-6-15(20)16(21)8-12)22-18(23)10-27-19(24)14-9-13(25-2)5-7-17(14)26-3/h4-9,11H,10H2,1-3H3,(H,22,23)/t11-/m0/s1. The zero-order valence-corrected chi connectivity index (χ0v) is 16.6. The van der Waals surface area contributed by atoms with E-state index in [9.17, 15) is 9.59 Å². The minimum absolute atomic E-state index is 0.169. The van der Waals surface area contributed by atoms with Gasteiger partial charge in [0.25, 0.3) is 5.91 Å². The van der Waals surface area contributed by atoms with Crippen LogP contribution in [0.15, 0.2) is 36.4 Å². The average Bonchev–Trinajstić information content (AvgIpc) is 2.67. The van der Waals surface area contributed by atoms with Crippen LogP contribution < -0.4 is 14.8 Å². The fourth-order valence-corrected chi connectivity index (χ4v) is 2.64. The first-order valence-corrected chi connectivity index (χ1v) is 8.74. The number of nitrogens with one attached hydrogen (secondary N) is 1. The number of carbonyl (C=O) groups is 2. The van der Waals surface area contributed by atoms with Crippen LogP contribution in [0.3, 0.4) is 0 Å². The Morgan fingerprint density at radius 3 is 2.41 bits per heavy atom. The number of methoxy groups -OCH3 is 2. The SMILES string of the molecule is COc1ccc(OC)c(C(=O)OCC(=O)N[C@@H](C)c2ccc(Cl)c(Cl)c2)c1. The fourth-order valence-electron chi connectivity index (χ4n) is 2.33. The van der Waals surface area contributed by atoms with Gasteiger partial charge in [-0.25, -0.2) is 4.79 Å². The summed E-state index contributed by atoms with van der Waals surface area (Å²) in [6, 6.07) is 9.46. The lowest BCUT2D eigenvalue weighted by molar-refractivity contribution is -0.124. The molecule has 0 fully saturated rings. The van der Waals surface area contributed by atoms with E-state index in [2.05, 4.69) is 5.32 Å². The van der Waals surface area contributed by atoms with Gasteiger partial charge in [-0.2, -0.15) is 0 Å². The minimum atomic E-state index is -0.692. The number of hydrogen-bond donors (Lipinski definition) is 1. The number of halogens is 2. The molecule has 0 spiro atoms. The third kappa shape index (κ3) is 5.52. The Morgan fingerprint density at radius 2 is 1.78 bits per heavy atom. The first-order valence-electron chi connectivity index (χ1n) is 7.99. The molecule has 8 heteroatoms. The number of rotatable bonds is 7. The lowest BCUT2D eigenvalue weighted by atomic mass is 10.1. The maximum atomic E-state index is 12.3. The molecule has 0 heterocycles. The van der Waals surface area contributed by atoms with Gasteiger partial charge in [0.15, 0.2) is 6.61 Å². The second kappa shape index (κ2) is 9.48. The molecule has 27 heavy (non-hydrogen) atoms. The molecule has 6 nitrogen and oxygen atoms in total. The summed E-state index contributed by atoms with van der Waals surface area (Å²) in [7, 11) is 2.92. The summed E-state index contributed by atoms with van der Waals surface area (Å²) < 4.78 is 15.3. The molecule has 1 amide bonds. The molecule has 2 rings (SSSR count). The van der Waals surface area contributed by atoms with Crippen LogP contribution in [0.4, 0.5) is 0 Å². The van der Waals surface area contributed by atoms with Crippen molar-refractivity contribution in [3.8, 4) is 11.5 Å². The molecule has 0 bridgehead atoms. The van der Waals surface area contributed by atoms with Gasteiger partial charge >= 0.3 is 5.97 Å². The summed E-state index contributed by atoms with van der Waals surface area (Å²) in [5.41, 5.74) is 0.945. The molecule has 2 aromatic carbocycles. The first kappa shape index (κ1) is 20.9. The smallest absolute Gasteiger partial charge is 0.342 e. The summed E-state index contributed by atoms with van der Waals surface area (Å²) in [6.45, 7) is 1.34. The highest BCUT2D eigenvalue weighted by molar-refractivity contribution is 6.42. The quantitative estimate of drug-likeness (QED) is 0.695. The van der Waals surface area contributed by atoms with Crippen molar-refractivity contribution in [2.24, 2.45) is 0 Å². The summed E-state index contributed by atoms with van der Waals surface area (Å²) in [6.07, 6.45) is 0. The van der Waals surface area contributed by atoms with Crippen molar-refractivity contribution in [3.63, 3.8) is 0 Å². The second-order valence-corrected chi connectivity index (χ2v) is 6.42. The van der Waals surface area contributed by atoms with Gasteiger partial charge < -0.3 is 19.5 Å². The van der Waals surface area contributed by atoms with Crippen LogP contribution in [0.2, 0.25) is 10.0 Å². The van der Waals surface area contributed by atoms with Gasteiger partial charge in [0.1, 0.15) is 17.1 Å². The number of carbonyl (C=O) groups excluding carboxylic acids is 2. The summed E-state index contributed by atoms with van der Waals surface area (Å²) in [4.78, 5) is 24.4. The Hall–Kier alpha value is -2.44. The molecule has 0 radical (unpaired) electrons. The highest BCUT2D eigenvalue weighted by Gasteiger charge is 2.18. The molecular formula is C19H19Cl2NO5. The third-order valence-corrected chi connectivity index (χ3v) is 4.52. The zero-order valence-electron chi connectivity index (χ0n) is 15.0. The molecule has 0 aliphatic heterocycles. The number of hydrogen-bond acceptors (Lipinski definition) is 5. The van der Waals surface area contributed by atoms with Crippen molar-refractivity contribution in [3.05, 3.63) is 57.6 Å². The van der Waals surface area contributed by atoms with Gasteiger partial charge in [-0.1, -0.05) is 29.3 Å². The van der Waals surface area contributed by atoms with E-state index < -0.39 is 18.5 Å². The predicted octanol–water partition coefficient (Wildman–Crippen LogP) is 4.04. The summed E-state index contributed by atoms with van der Waals surface area (Å²) >= 11 is 11.9. The molecule has 0 aliphatic carbocycles. The molecule has 0 unspecified atom stereocenters. The Kier molecular flexibility index (Phi) is 7.33. The molecule has 2 aromatic rings. The van der Waals surface area contributed by atoms with Crippen LogP contribution in [0.5, 0.6) is 11.5 Å². The molecule has 0 saturated carbocycles. The Morgan fingerprint density at radius 1 is 1.04 bits per heavy atom. The van der Waals surface area contributed by atoms with E-state index in [4.69, 9.17) is 37.4 Å². The fraction of sp³-hybridized carbons (Fsp3) is 0.263.